The molecule has 0 spiro atoms. The predicted molar refractivity (Wildman–Crippen MR) is 47.4 cm³/mol. The fraction of sp³-hybridized carbons (Fsp3) is 0.500. The van der Waals surface area contributed by atoms with Gasteiger partial charge in [-0.1, -0.05) is 20.8 Å². The first-order chi connectivity index (χ1) is 5.49. The summed E-state index contributed by atoms with van der Waals surface area (Å²) in [7, 11) is 0. The normalized spacial score (nSPS) is 11.7. The minimum Gasteiger partial charge on any atom is -0.258 e. The molecule has 0 fully saturated rings. The summed E-state index contributed by atoms with van der Waals surface area (Å²) in [5.74, 6) is -0.201. The number of aromatic nitrogens is 1. The molecule has 0 bridgehead atoms. The van der Waals surface area contributed by atoms with Crippen molar-refractivity contribution in [2.24, 2.45) is 5.41 Å². The molecule has 0 saturated carbocycles. The van der Waals surface area contributed by atoms with Gasteiger partial charge in [-0.3, -0.25) is 4.98 Å². The molecule has 1 nitrogen and oxygen atoms in total. The van der Waals surface area contributed by atoms with Gasteiger partial charge in [-0.2, -0.15) is 0 Å². The highest BCUT2D eigenvalue weighted by atomic mass is 19.1. The SMILES string of the molecule is CC(C)(C)Cc1ncccc1F. The maximum atomic E-state index is 13.1. The predicted octanol–water partition coefficient (Wildman–Crippen LogP) is 2.81. The third-order valence-electron chi connectivity index (χ3n) is 1.53. The average Bonchev–Trinajstić information content (AvgIpc) is 1.91. The Labute approximate surface area is 72.6 Å². The van der Waals surface area contributed by atoms with Gasteiger partial charge in [-0.05, 0) is 24.0 Å². The zero-order valence-corrected chi connectivity index (χ0v) is 7.76. The van der Waals surface area contributed by atoms with E-state index in [0.717, 1.165) is 0 Å². The number of nitrogens with zero attached hydrogens (tertiary/aromatic N) is 1. The Morgan fingerprint density at radius 2 is 2.08 bits per heavy atom. The molecular formula is C10H14FN. The fourth-order valence-electron chi connectivity index (χ4n) is 1.05. The Bertz CT molecular complexity index is 263. The molecule has 0 aliphatic carbocycles. The molecule has 0 aliphatic rings. The van der Waals surface area contributed by atoms with Gasteiger partial charge in [-0.15, -0.1) is 0 Å². The standard InChI is InChI=1S/C10H14FN/c1-10(2,3)7-9-8(11)5-4-6-12-9/h4-6H,7H2,1-3H3. The third-order valence-corrected chi connectivity index (χ3v) is 1.53. The van der Waals surface area contributed by atoms with E-state index in [2.05, 4.69) is 25.8 Å². The van der Waals surface area contributed by atoms with E-state index < -0.39 is 0 Å². The zero-order chi connectivity index (χ0) is 9.19. The first kappa shape index (κ1) is 9.17. The number of hydrogen-bond donors (Lipinski definition) is 0. The monoisotopic (exact) mass is 167 g/mol. The van der Waals surface area contributed by atoms with Crippen molar-refractivity contribution in [1.82, 2.24) is 4.98 Å². The van der Waals surface area contributed by atoms with Crippen LogP contribution in [0, 0.1) is 11.2 Å². The van der Waals surface area contributed by atoms with Crippen molar-refractivity contribution in [2.45, 2.75) is 27.2 Å². The molecule has 0 saturated heterocycles. The van der Waals surface area contributed by atoms with E-state index in [1.54, 1.807) is 12.3 Å². The Balaban J connectivity index is 2.83. The van der Waals surface area contributed by atoms with E-state index in [1.165, 1.54) is 6.07 Å². The molecule has 1 rings (SSSR count). The molecule has 0 aliphatic heterocycles. The van der Waals surface area contributed by atoms with Crippen LogP contribution in [0.25, 0.3) is 0 Å². The highest BCUT2D eigenvalue weighted by Gasteiger charge is 2.14. The van der Waals surface area contributed by atoms with Crippen LogP contribution in [0.1, 0.15) is 26.5 Å². The molecule has 0 radical (unpaired) electrons. The average molecular weight is 167 g/mol. The van der Waals surface area contributed by atoms with E-state index in [-0.39, 0.29) is 11.2 Å². The minimum absolute atomic E-state index is 0.0925. The van der Waals surface area contributed by atoms with Crippen molar-refractivity contribution in [2.75, 3.05) is 0 Å². The van der Waals surface area contributed by atoms with Crippen LogP contribution < -0.4 is 0 Å². The lowest BCUT2D eigenvalue weighted by atomic mass is 9.90. The molecule has 0 N–H and O–H groups in total. The second-order valence-electron chi connectivity index (χ2n) is 4.17. The Hall–Kier alpha value is -0.920. The van der Waals surface area contributed by atoms with E-state index >= 15 is 0 Å². The molecule has 1 heterocycles. The van der Waals surface area contributed by atoms with Gasteiger partial charge in [0.05, 0.1) is 5.69 Å². The van der Waals surface area contributed by atoms with Gasteiger partial charge >= 0.3 is 0 Å². The highest BCUT2D eigenvalue weighted by Crippen LogP contribution is 2.20. The van der Waals surface area contributed by atoms with Crippen molar-refractivity contribution in [1.29, 1.82) is 0 Å². The second-order valence-corrected chi connectivity index (χ2v) is 4.17. The first-order valence-corrected chi connectivity index (χ1v) is 4.08. The largest absolute Gasteiger partial charge is 0.258 e. The van der Waals surface area contributed by atoms with E-state index in [9.17, 15) is 4.39 Å². The van der Waals surface area contributed by atoms with Gasteiger partial charge in [-0.25, -0.2) is 4.39 Å². The summed E-state index contributed by atoms with van der Waals surface area (Å²) in [5, 5.41) is 0. The fourth-order valence-corrected chi connectivity index (χ4v) is 1.05. The van der Waals surface area contributed by atoms with Crippen LogP contribution in [-0.2, 0) is 6.42 Å². The maximum Gasteiger partial charge on any atom is 0.144 e. The Morgan fingerprint density at radius 1 is 1.42 bits per heavy atom. The number of rotatable bonds is 1. The van der Waals surface area contributed by atoms with Crippen LogP contribution in [0.5, 0.6) is 0 Å². The van der Waals surface area contributed by atoms with Crippen LogP contribution in [0.15, 0.2) is 18.3 Å². The zero-order valence-electron chi connectivity index (χ0n) is 7.76. The lowest BCUT2D eigenvalue weighted by molar-refractivity contribution is 0.396. The maximum absolute atomic E-state index is 13.1. The summed E-state index contributed by atoms with van der Waals surface area (Å²) in [4.78, 5) is 3.99. The van der Waals surface area contributed by atoms with Crippen LogP contribution in [-0.4, -0.2) is 4.98 Å². The summed E-state index contributed by atoms with van der Waals surface area (Å²) < 4.78 is 13.1. The van der Waals surface area contributed by atoms with Crippen LogP contribution in [0.2, 0.25) is 0 Å². The van der Waals surface area contributed by atoms with E-state index in [1.807, 2.05) is 0 Å². The molecule has 2 heteroatoms. The van der Waals surface area contributed by atoms with E-state index in [0.29, 0.717) is 12.1 Å². The van der Waals surface area contributed by atoms with Gasteiger partial charge in [0, 0.05) is 6.20 Å². The molecule has 0 atom stereocenters. The third kappa shape index (κ3) is 2.61. The van der Waals surface area contributed by atoms with Crippen LogP contribution in [0.4, 0.5) is 4.39 Å². The quantitative estimate of drug-likeness (QED) is 0.626. The number of pyridine rings is 1. The van der Waals surface area contributed by atoms with Crippen molar-refractivity contribution >= 4 is 0 Å². The summed E-state index contributed by atoms with van der Waals surface area (Å²) in [6.45, 7) is 6.21. The second kappa shape index (κ2) is 3.21. The topological polar surface area (TPSA) is 12.9 Å². The van der Waals surface area contributed by atoms with Crippen LogP contribution >= 0.6 is 0 Å². The first-order valence-electron chi connectivity index (χ1n) is 4.08. The molecule has 0 aromatic carbocycles. The summed E-state index contributed by atoms with van der Waals surface area (Å²) in [6.07, 6.45) is 2.31. The van der Waals surface area contributed by atoms with E-state index in [4.69, 9.17) is 0 Å². The lowest BCUT2D eigenvalue weighted by Crippen LogP contribution is -2.11. The van der Waals surface area contributed by atoms with Crippen molar-refractivity contribution < 1.29 is 4.39 Å². The molecule has 1 aromatic heterocycles. The summed E-state index contributed by atoms with van der Waals surface area (Å²) in [5.41, 5.74) is 0.653. The van der Waals surface area contributed by atoms with Crippen molar-refractivity contribution in [3.63, 3.8) is 0 Å². The van der Waals surface area contributed by atoms with Gasteiger partial charge < -0.3 is 0 Å². The Morgan fingerprint density at radius 3 is 2.58 bits per heavy atom. The number of halogens is 1. The highest BCUT2D eigenvalue weighted by molar-refractivity contribution is 5.08. The van der Waals surface area contributed by atoms with Gasteiger partial charge in [0.2, 0.25) is 0 Å². The molecular weight excluding hydrogens is 153 g/mol. The Kier molecular flexibility index (Phi) is 2.46. The van der Waals surface area contributed by atoms with Crippen LogP contribution in [0.3, 0.4) is 0 Å². The molecule has 12 heavy (non-hydrogen) atoms. The molecule has 66 valence electrons. The molecule has 0 amide bonds. The molecule has 1 aromatic rings. The van der Waals surface area contributed by atoms with Crippen molar-refractivity contribution in [3.05, 3.63) is 29.8 Å². The summed E-state index contributed by atoms with van der Waals surface area (Å²) in [6, 6.07) is 3.07. The minimum atomic E-state index is -0.201. The smallest absolute Gasteiger partial charge is 0.144 e. The summed E-state index contributed by atoms with van der Waals surface area (Å²) >= 11 is 0. The van der Waals surface area contributed by atoms with Gasteiger partial charge in [0.15, 0.2) is 0 Å². The molecule has 0 unspecified atom stereocenters. The van der Waals surface area contributed by atoms with Crippen molar-refractivity contribution in [3.8, 4) is 0 Å². The van der Waals surface area contributed by atoms with Gasteiger partial charge in [0.25, 0.3) is 0 Å². The lowest BCUT2D eigenvalue weighted by Gasteiger charge is -2.17. The van der Waals surface area contributed by atoms with Gasteiger partial charge in [0.1, 0.15) is 5.82 Å². The number of hydrogen-bond acceptors (Lipinski definition) is 1.